The molecule has 0 saturated heterocycles. The van der Waals surface area contributed by atoms with Gasteiger partial charge in [0.2, 0.25) is 5.91 Å². The van der Waals surface area contributed by atoms with Crippen molar-refractivity contribution in [3.8, 4) is 11.5 Å². The highest BCUT2D eigenvalue weighted by atomic mass is 16.5. The molecule has 0 radical (unpaired) electrons. The Hall–Kier alpha value is -3.80. The summed E-state index contributed by atoms with van der Waals surface area (Å²) in [5.74, 6) is 1.51. The van der Waals surface area contributed by atoms with Crippen LogP contribution in [0.3, 0.4) is 0 Å². The molecule has 3 aromatic rings. The van der Waals surface area contributed by atoms with Gasteiger partial charge in [-0.15, -0.1) is 0 Å². The molecule has 33 heavy (non-hydrogen) atoms. The molecule has 6 nitrogen and oxygen atoms in total. The normalized spacial score (nSPS) is 15.0. The van der Waals surface area contributed by atoms with Crippen molar-refractivity contribution in [2.45, 2.75) is 38.3 Å². The van der Waals surface area contributed by atoms with Gasteiger partial charge in [-0.2, -0.15) is 0 Å². The van der Waals surface area contributed by atoms with Crippen LogP contribution >= 0.6 is 0 Å². The highest BCUT2D eigenvalue weighted by Gasteiger charge is 2.28. The first-order valence-corrected chi connectivity index (χ1v) is 11.4. The second-order valence-electron chi connectivity index (χ2n) is 8.48. The first kappa shape index (κ1) is 21.1. The molecule has 1 aromatic heterocycles. The Morgan fingerprint density at radius 3 is 2.48 bits per heavy atom. The monoisotopic (exact) mass is 442 g/mol. The number of amides is 2. The van der Waals surface area contributed by atoms with E-state index in [4.69, 9.17) is 9.15 Å². The van der Waals surface area contributed by atoms with Gasteiger partial charge in [0.1, 0.15) is 23.8 Å². The summed E-state index contributed by atoms with van der Waals surface area (Å²) in [6.07, 6.45) is 7.65. The molecule has 2 amide bonds. The molecule has 1 saturated carbocycles. The first-order valence-electron chi connectivity index (χ1n) is 11.4. The minimum Gasteiger partial charge on any atom is -0.467 e. The van der Waals surface area contributed by atoms with Crippen LogP contribution in [0.5, 0.6) is 11.5 Å². The average molecular weight is 443 g/mol. The number of benzene rings is 2. The number of furan rings is 1. The third-order valence-electron chi connectivity index (χ3n) is 6.12. The van der Waals surface area contributed by atoms with Crippen molar-refractivity contribution in [1.82, 2.24) is 10.2 Å². The smallest absolute Gasteiger partial charge is 0.255 e. The molecule has 6 heteroatoms. The van der Waals surface area contributed by atoms with Gasteiger partial charge < -0.3 is 19.4 Å². The van der Waals surface area contributed by atoms with Crippen molar-refractivity contribution >= 4 is 23.5 Å². The zero-order chi connectivity index (χ0) is 22.6. The van der Waals surface area contributed by atoms with Crippen LogP contribution in [0.2, 0.25) is 0 Å². The predicted molar refractivity (Wildman–Crippen MR) is 125 cm³/mol. The number of nitrogens with zero attached hydrogens (tertiary/aromatic N) is 1. The first-order chi connectivity index (χ1) is 16.2. The molecule has 1 aliphatic heterocycles. The second kappa shape index (κ2) is 9.36. The molecule has 168 valence electrons. The minimum atomic E-state index is -0.249. The number of hydrogen-bond acceptors (Lipinski definition) is 4. The summed E-state index contributed by atoms with van der Waals surface area (Å²) in [6.45, 7) is 0.157. The molecule has 0 atom stereocenters. The highest BCUT2D eigenvalue weighted by molar-refractivity contribution is 6.25. The Morgan fingerprint density at radius 1 is 0.939 bits per heavy atom. The fraction of sp³-hybridized carbons (Fsp3) is 0.259. The van der Waals surface area contributed by atoms with Crippen molar-refractivity contribution < 1.29 is 18.7 Å². The van der Waals surface area contributed by atoms with Gasteiger partial charge in [0.15, 0.2) is 0 Å². The Morgan fingerprint density at radius 2 is 1.70 bits per heavy atom. The third kappa shape index (κ3) is 4.70. The van der Waals surface area contributed by atoms with Gasteiger partial charge in [-0.3, -0.25) is 9.59 Å². The van der Waals surface area contributed by atoms with E-state index in [1.165, 1.54) is 0 Å². The van der Waals surface area contributed by atoms with Gasteiger partial charge in [-0.05, 0) is 43.2 Å². The Labute approximate surface area is 192 Å². The lowest BCUT2D eigenvalue weighted by Crippen LogP contribution is -2.43. The van der Waals surface area contributed by atoms with Gasteiger partial charge in [-0.25, -0.2) is 0 Å². The topological polar surface area (TPSA) is 71.8 Å². The number of carbonyl (C=O) groups is 2. The summed E-state index contributed by atoms with van der Waals surface area (Å²) < 4.78 is 11.6. The van der Waals surface area contributed by atoms with E-state index in [0.29, 0.717) is 28.4 Å². The molecule has 1 fully saturated rings. The Bertz CT molecular complexity index is 1180. The van der Waals surface area contributed by atoms with Crippen LogP contribution in [0.15, 0.2) is 71.3 Å². The van der Waals surface area contributed by atoms with E-state index in [2.05, 4.69) is 5.32 Å². The summed E-state index contributed by atoms with van der Waals surface area (Å²) >= 11 is 0. The van der Waals surface area contributed by atoms with Crippen molar-refractivity contribution in [3.05, 3.63) is 83.8 Å². The molecular weight excluding hydrogens is 416 g/mol. The van der Waals surface area contributed by atoms with Gasteiger partial charge in [0.25, 0.3) is 5.91 Å². The maximum atomic E-state index is 13.9. The Balaban J connectivity index is 1.48. The van der Waals surface area contributed by atoms with Crippen molar-refractivity contribution in [2.24, 2.45) is 0 Å². The molecule has 1 N–H and O–H groups in total. The average Bonchev–Trinajstić information content (AvgIpc) is 3.50. The molecular formula is C27H26N2O4. The molecule has 5 rings (SSSR count). The predicted octanol–water partition coefficient (Wildman–Crippen LogP) is 5.01. The van der Waals surface area contributed by atoms with Crippen LogP contribution in [-0.2, 0) is 16.1 Å². The van der Waals surface area contributed by atoms with E-state index in [9.17, 15) is 9.59 Å². The van der Waals surface area contributed by atoms with E-state index in [1.807, 2.05) is 60.7 Å². The van der Waals surface area contributed by atoms with E-state index in [0.717, 1.165) is 31.2 Å². The number of fused-ring (bicyclic) bond motifs is 2. The summed E-state index contributed by atoms with van der Waals surface area (Å²) in [5.41, 5.74) is 1.99. The molecule has 2 aromatic carbocycles. The van der Waals surface area contributed by atoms with Crippen molar-refractivity contribution in [1.29, 1.82) is 0 Å². The van der Waals surface area contributed by atoms with Gasteiger partial charge in [-0.1, -0.05) is 49.2 Å². The maximum absolute atomic E-state index is 13.9. The molecule has 1 aliphatic carbocycles. The number of para-hydroxylation sites is 2. The number of nitrogens with one attached hydrogen (secondary N) is 1. The number of ether oxygens (including phenoxy) is 1. The van der Waals surface area contributed by atoms with Crippen LogP contribution in [0.4, 0.5) is 0 Å². The van der Waals surface area contributed by atoms with Gasteiger partial charge in [0.05, 0.1) is 18.4 Å². The van der Waals surface area contributed by atoms with Crippen LogP contribution in [0.1, 0.15) is 42.6 Å². The Kier molecular flexibility index (Phi) is 5.98. The van der Waals surface area contributed by atoms with Crippen LogP contribution < -0.4 is 10.1 Å². The molecule has 0 bridgehead atoms. The van der Waals surface area contributed by atoms with Crippen molar-refractivity contribution in [2.75, 3.05) is 6.54 Å². The van der Waals surface area contributed by atoms with E-state index in [-0.39, 0.29) is 30.9 Å². The van der Waals surface area contributed by atoms with Gasteiger partial charge in [0, 0.05) is 17.2 Å². The van der Waals surface area contributed by atoms with Crippen molar-refractivity contribution in [3.63, 3.8) is 0 Å². The maximum Gasteiger partial charge on any atom is 0.255 e. The molecule has 2 heterocycles. The fourth-order valence-electron chi connectivity index (χ4n) is 4.48. The summed E-state index contributed by atoms with van der Waals surface area (Å²) in [6, 6.07) is 18.9. The lowest BCUT2D eigenvalue weighted by atomic mass is 10.0. The summed E-state index contributed by atoms with van der Waals surface area (Å²) in [5, 5.41) is 3.09. The second-order valence-corrected chi connectivity index (χ2v) is 8.48. The molecule has 2 aliphatic rings. The standard InChI is InChI=1S/C27H26N2O4/c30-26(28-20-9-2-3-10-20)18-29(17-21-11-7-15-32-21)27(31)23-16-19-8-1-5-13-24(19)33-25-14-6-4-12-22(23)25/h1,4-8,11-16,20H,2-3,9-10,17-18H2,(H,28,30). The van der Waals surface area contributed by atoms with Crippen LogP contribution in [-0.4, -0.2) is 29.3 Å². The minimum absolute atomic E-state index is 0.0436. The van der Waals surface area contributed by atoms with E-state index in [1.54, 1.807) is 17.2 Å². The van der Waals surface area contributed by atoms with Crippen LogP contribution in [0, 0.1) is 0 Å². The van der Waals surface area contributed by atoms with Gasteiger partial charge >= 0.3 is 0 Å². The summed E-state index contributed by atoms with van der Waals surface area (Å²) in [7, 11) is 0. The number of rotatable bonds is 6. The third-order valence-corrected chi connectivity index (χ3v) is 6.12. The van der Waals surface area contributed by atoms with E-state index < -0.39 is 0 Å². The number of carbonyl (C=O) groups excluding carboxylic acids is 2. The molecule has 0 unspecified atom stereocenters. The highest BCUT2D eigenvalue weighted by Crippen LogP contribution is 2.38. The fourth-order valence-corrected chi connectivity index (χ4v) is 4.48. The van der Waals surface area contributed by atoms with Crippen LogP contribution in [0.25, 0.3) is 11.6 Å². The molecule has 0 spiro atoms. The zero-order valence-corrected chi connectivity index (χ0v) is 18.3. The zero-order valence-electron chi connectivity index (χ0n) is 18.3. The lowest BCUT2D eigenvalue weighted by Gasteiger charge is -2.24. The SMILES string of the molecule is O=C(CN(Cc1ccco1)C(=O)C1=Cc2ccccc2Oc2ccccc21)NC1CCCC1. The quantitative estimate of drug-likeness (QED) is 0.582. The van der Waals surface area contributed by atoms with E-state index >= 15 is 0 Å². The summed E-state index contributed by atoms with van der Waals surface area (Å²) in [4.78, 5) is 28.3. The number of hydrogen-bond donors (Lipinski definition) is 1. The lowest BCUT2D eigenvalue weighted by molar-refractivity contribution is -0.132. The largest absolute Gasteiger partial charge is 0.467 e.